The van der Waals surface area contributed by atoms with Gasteiger partial charge in [-0.25, -0.2) is 4.79 Å². The smallest absolute Gasteiger partial charge is 0.407 e. The lowest BCUT2D eigenvalue weighted by molar-refractivity contribution is 0.0523. The van der Waals surface area contributed by atoms with Crippen molar-refractivity contribution in [1.29, 1.82) is 0 Å². The van der Waals surface area contributed by atoms with Gasteiger partial charge in [-0.2, -0.15) is 0 Å². The van der Waals surface area contributed by atoms with Gasteiger partial charge in [0.15, 0.2) is 0 Å². The second-order valence-corrected chi connectivity index (χ2v) is 6.73. The van der Waals surface area contributed by atoms with E-state index < -0.39 is 11.7 Å². The normalized spacial score (nSPS) is 11.1. The summed E-state index contributed by atoms with van der Waals surface area (Å²) in [6.45, 7) is 6.37. The lowest BCUT2D eigenvalue weighted by Gasteiger charge is -2.20. The first-order valence-electron chi connectivity index (χ1n) is 6.76. The van der Waals surface area contributed by atoms with E-state index in [-0.39, 0.29) is 0 Å². The van der Waals surface area contributed by atoms with Crippen LogP contribution in [0.2, 0.25) is 5.02 Å². The van der Waals surface area contributed by atoms with Gasteiger partial charge in [0.1, 0.15) is 11.4 Å². The summed E-state index contributed by atoms with van der Waals surface area (Å²) in [7, 11) is 0. The van der Waals surface area contributed by atoms with Gasteiger partial charge in [0.05, 0.1) is 6.61 Å². The number of ether oxygens (including phenoxy) is 2. The van der Waals surface area contributed by atoms with Gasteiger partial charge in [0.25, 0.3) is 0 Å². The summed E-state index contributed by atoms with van der Waals surface area (Å²) >= 11 is 9.35. The van der Waals surface area contributed by atoms with Crippen LogP contribution in [0.1, 0.15) is 32.8 Å². The van der Waals surface area contributed by atoms with Crippen LogP contribution in [0.4, 0.5) is 4.79 Å². The molecule has 0 spiro atoms. The van der Waals surface area contributed by atoms with Gasteiger partial charge in [-0.05, 0) is 45.4 Å². The van der Waals surface area contributed by atoms with E-state index in [9.17, 15) is 4.79 Å². The van der Waals surface area contributed by atoms with Gasteiger partial charge in [-0.3, -0.25) is 0 Å². The van der Waals surface area contributed by atoms with Crippen LogP contribution in [-0.2, 0) is 11.3 Å². The molecule has 1 amide bonds. The van der Waals surface area contributed by atoms with Crippen LogP contribution in [0, 0.1) is 0 Å². The van der Waals surface area contributed by atoms with Gasteiger partial charge < -0.3 is 14.8 Å². The molecule has 0 bridgehead atoms. The first-order chi connectivity index (χ1) is 9.81. The van der Waals surface area contributed by atoms with Gasteiger partial charge in [-0.15, -0.1) is 0 Å². The van der Waals surface area contributed by atoms with E-state index in [1.54, 1.807) is 12.1 Å². The van der Waals surface area contributed by atoms with E-state index in [1.165, 1.54) is 0 Å². The highest BCUT2D eigenvalue weighted by atomic mass is 79.9. The van der Waals surface area contributed by atoms with Crippen LogP contribution < -0.4 is 10.1 Å². The molecular formula is C15H21BrClNO3. The molecule has 6 heteroatoms. The Bertz CT molecular complexity index is 474. The van der Waals surface area contributed by atoms with Gasteiger partial charge >= 0.3 is 6.09 Å². The van der Waals surface area contributed by atoms with Crippen LogP contribution in [0.5, 0.6) is 5.75 Å². The highest BCUT2D eigenvalue weighted by Crippen LogP contribution is 2.23. The van der Waals surface area contributed by atoms with Crippen molar-refractivity contribution in [3.05, 3.63) is 28.8 Å². The molecule has 0 aliphatic rings. The number of hydrogen-bond acceptors (Lipinski definition) is 3. The first-order valence-corrected chi connectivity index (χ1v) is 8.26. The molecule has 21 heavy (non-hydrogen) atoms. The molecule has 1 aromatic rings. The van der Waals surface area contributed by atoms with Crippen molar-refractivity contribution in [2.24, 2.45) is 0 Å². The molecule has 0 radical (unpaired) electrons. The molecule has 0 saturated carbocycles. The van der Waals surface area contributed by atoms with Crippen molar-refractivity contribution < 1.29 is 14.3 Å². The topological polar surface area (TPSA) is 47.6 Å². The fraction of sp³-hybridized carbons (Fsp3) is 0.533. The second-order valence-electron chi connectivity index (χ2n) is 5.50. The van der Waals surface area contributed by atoms with E-state index in [2.05, 4.69) is 21.2 Å². The molecule has 0 aromatic heterocycles. The number of hydrogen-bond donors (Lipinski definition) is 1. The Morgan fingerprint density at radius 1 is 1.38 bits per heavy atom. The molecule has 0 fully saturated rings. The minimum atomic E-state index is -0.520. The maximum absolute atomic E-state index is 11.7. The summed E-state index contributed by atoms with van der Waals surface area (Å²) < 4.78 is 10.9. The van der Waals surface area contributed by atoms with Crippen LogP contribution in [0.25, 0.3) is 0 Å². The molecule has 0 aliphatic carbocycles. The zero-order valence-corrected chi connectivity index (χ0v) is 14.9. The van der Waals surface area contributed by atoms with E-state index in [1.807, 2.05) is 26.8 Å². The van der Waals surface area contributed by atoms with Crippen LogP contribution in [0.15, 0.2) is 18.2 Å². The second kappa shape index (κ2) is 8.49. The predicted molar refractivity (Wildman–Crippen MR) is 88.4 cm³/mol. The monoisotopic (exact) mass is 377 g/mol. The van der Waals surface area contributed by atoms with Crippen molar-refractivity contribution in [1.82, 2.24) is 5.32 Å². The summed E-state index contributed by atoms with van der Waals surface area (Å²) in [4.78, 5) is 11.7. The summed E-state index contributed by atoms with van der Waals surface area (Å²) in [6, 6.07) is 5.35. The third kappa shape index (κ3) is 7.58. The highest BCUT2D eigenvalue weighted by Gasteiger charge is 2.16. The molecular weight excluding hydrogens is 358 g/mol. The number of benzene rings is 1. The van der Waals surface area contributed by atoms with Crippen LogP contribution in [-0.4, -0.2) is 23.6 Å². The van der Waals surface area contributed by atoms with Crippen molar-refractivity contribution in [3.63, 3.8) is 0 Å². The number of carbonyl (C=O) groups excluding carboxylic acids is 1. The summed E-state index contributed by atoms with van der Waals surface area (Å²) in [6.07, 6.45) is 0.440. The number of amides is 1. The zero-order valence-electron chi connectivity index (χ0n) is 12.5. The minimum absolute atomic E-state index is 0.305. The number of rotatable bonds is 6. The first kappa shape index (κ1) is 18.1. The quantitative estimate of drug-likeness (QED) is 0.584. The summed E-state index contributed by atoms with van der Waals surface area (Å²) in [5, 5.41) is 4.19. The van der Waals surface area contributed by atoms with Crippen molar-refractivity contribution in [2.45, 2.75) is 39.3 Å². The number of alkyl carbamates (subject to hydrolysis) is 1. The lowest BCUT2D eigenvalue weighted by Crippen LogP contribution is -2.32. The Balaban J connectivity index is 2.64. The lowest BCUT2D eigenvalue weighted by atomic mass is 10.2. The Kier molecular flexibility index (Phi) is 7.32. The fourth-order valence-electron chi connectivity index (χ4n) is 1.55. The molecule has 1 rings (SSSR count). The third-order valence-corrected chi connectivity index (χ3v) is 3.18. The van der Waals surface area contributed by atoms with Gasteiger partial charge in [0, 0.05) is 22.5 Å². The van der Waals surface area contributed by atoms with Crippen molar-refractivity contribution >= 4 is 33.6 Å². The summed E-state index contributed by atoms with van der Waals surface area (Å²) in [5.41, 5.74) is 0.302. The maximum Gasteiger partial charge on any atom is 0.407 e. The number of halogens is 2. The Labute approximate surface area is 139 Å². The highest BCUT2D eigenvalue weighted by molar-refractivity contribution is 9.09. The Morgan fingerprint density at radius 2 is 2.10 bits per heavy atom. The van der Waals surface area contributed by atoms with Crippen molar-refractivity contribution in [2.75, 3.05) is 11.9 Å². The summed E-state index contributed by atoms with van der Waals surface area (Å²) in [5.74, 6) is 0.719. The van der Waals surface area contributed by atoms with E-state index in [0.717, 1.165) is 23.1 Å². The molecule has 1 N–H and O–H groups in total. The Hall–Kier alpha value is -0.940. The molecule has 0 heterocycles. The molecule has 118 valence electrons. The van der Waals surface area contributed by atoms with E-state index in [4.69, 9.17) is 21.1 Å². The average molecular weight is 379 g/mol. The molecule has 0 unspecified atom stereocenters. The zero-order chi connectivity index (χ0) is 15.9. The molecule has 4 nitrogen and oxygen atoms in total. The fourth-order valence-corrected chi connectivity index (χ4v) is 1.97. The van der Waals surface area contributed by atoms with Crippen LogP contribution in [0.3, 0.4) is 0 Å². The van der Waals surface area contributed by atoms with Gasteiger partial charge in [-0.1, -0.05) is 27.5 Å². The largest absolute Gasteiger partial charge is 0.493 e. The Morgan fingerprint density at radius 3 is 2.71 bits per heavy atom. The molecule has 0 atom stereocenters. The van der Waals surface area contributed by atoms with Crippen LogP contribution >= 0.6 is 27.5 Å². The van der Waals surface area contributed by atoms with Crippen molar-refractivity contribution in [3.8, 4) is 5.75 Å². The maximum atomic E-state index is 11.7. The van der Waals surface area contributed by atoms with Gasteiger partial charge in [0.2, 0.25) is 0 Å². The molecule has 0 aliphatic heterocycles. The SMILES string of the molecule is CC(C)(C)OC(=O)NCc1cc(Cl)ccc1OCCCBr. The standard InChI is InChI=1S/C15H21BrClNO3/c1-15(2,3)21-14(19)18-10-11-9-12(17)5-6-13(11)20-8-4-7-16/h5-6,9H,4,7-8,10H2,1-3H3,(H,18,19). The molecule has 0 saturated heterocycles. The minimum Gasteiger partial charge on any atom is -0.493 e. The number of nitrogens with one attached hydrogen (secondary N) is 1. The molecule has 1 aromatic carbocycles. The third-order valence-electron chi connectivity index (χ3n) is 2.38. The predicted octanol–water partition coefficient (Wildman–Crippen LogP) is 4.53. The van der Waals surface area contributed by atoms with E-state index >= 15 is 0 Å². The number of carbonyl (C=O) groups is 1. The number of alkyl halides is 1. The average Bonchev–Trinajstić information content (AvgIpc) is 2.37. The van der Waals surface area contributed by atoms with E-state index in [0.29, 0.717) is 18.2 Å².